The summed E-state index contributed by atoms with van der Waals surface area (Å²) in [5, 5.41) is 9.35. The number of aliphatic carboxylic acids is 1. The van der Waals surface area contributed by atoms with E-state index in [9.17, 15) is 33.9 Å². The molecule has 6 atom stereocenters. The fourth-order valence-electron chi connectivity index (χ4n) is 14.3. The van der Waals surface area contributed by atoms with Gasteiger partial charge in [-0.2, -0.15) is 0 Å². The summed E-state index contributed by atoms with van der Waals surface area (Å²) in [6, 6.07) is 0.386. The molecule has 1 aliphatic rings. The average Bonchev–Trinajstić information content (AvgIpc) is 0.840. The van der Waals surface area contributed by atoms with E-state index in [-0.39, 0.29) is 106 Å². The van der Waals surface area contributed by atoms with Crippen LogP contribution in [-0.4, -0.2) is 229 Å². The standard InChI is InChI=1S/C94H188N4O16Si4/c1-28-33-34-35-36-37-38-39-49-66-106-87(102)60-50-55-84(114-118(26,27)94(17,18)19)74-96(73-81(52-41-40-42-56-85(99)100)111-115(20,21)91(8,9)10)63-51-61-88(103)108-68-65-98-70-77(6)97(69-78(98)7)64-67-107-86(101)59-47-48-62-95(71-82(112-116(22,23)92(11,12)13)53-43-45-57-89(104)109-75-79(29-2)30-3)72-83(113-117(24,25)93(14,15)16)54-44-46-58-90(105)110-76-80(31-4)32-5/h77-84H,28-76H2,1-27H3,(H,99,100). The maximum Gasteiger partial charge on any atom is 0.305 e. The number of nitrogens with zero attached hydrogens (tertiary/aromatic N) is 4. The molecular formula is C94H188N4O16Si4. The largest absolute Gasteiger partial charge is 0.481 e. The molecule has 0 spiro atoms. The van der Waals surface area contributed by atoms with Crippen LogP contribution in [0.4, 0.5) is 0 Å². The first kappa shape index (κ1) is 113. The first-order valence-corrected chi connectivity index (χ1v) is 59.3. The fourth-order valence-corrected chi connectivity index (χ4v) is 19.8. The molecule has 0 amide bonds. The number of carboxylic acid groups (broad SMARTS) is 1. The molecule has 1 aliphatic heterocycles. The van der Waals surface area contributed by atoms with Crippen LogP contribution in [0.5, 0.6) is 0 Å². The van der Waals surface area contributed by atoms with E-state index < -0.39 is 39.2 Å². The van der Waals surface area contributed by atoms with Gasteiger partial charge in [0.2, 0.25) is 0 Å². The van der Waals surface area contributed by atoms with Crippen molar-refractivity contribution in [1.82, 2.24) is 19.6 Å². The minimum atomic E-state index is -2.28. The van der Waals surface area contributed by atoms with Crippen LogP contribution in [0, 0.1) is 11.8 Å². The van der Waals surface area contributed by atoms with Crippen LogP contribution in [0.25, 0.3) is 0 Å². The lowest BCUT2D eigenvalue weighted by atomic mass is 10.1. The minimum absolute atomic E-state index is 0.0112. The zero-order valence-corrected chi connectivity index (χ0v) is 85.6. The summed E-state index contributed by atoms with van der Waals surface area (Å²) in [7, 11) is -9.02. The Labute approximate surface area is 729 Å². The quantitative estimate of drug-likeness (QED) is 0.0259. The Bertz CT molecular complexity index is 2620. The van der Waals surface area contributed by atoms with Crippen molar-refractivity contribution in [3.8, 4) is 0 Å². The molecule has 0 aromatic heterocycles. The van der Waals surface area contributed by atoms with Gasteiger partial charge in [0.1, 0.15) is 13.2 Å². The van der Waals surface area contributed by atoms with E-state index >= 15 is 0 Å². The van der Waals surface area contributed by atoms with Crippen molar-refractivity contribution < 1.29 is 75.3 Å². The molecule has 1 rings (SSSR count). The summed E-state index contributed by atoms with van der Waals surface area (Å²) in [6.45, 7) is 69.8. The number of carboxylic acids is 1. The molecule has 0 aromatic rings. The van der Waals surface area contributed by atoms with Gasteiger partial charge in [0.25, 0.3) is 0 Å². The van der Waals surface area contributed by atoms with Crippen LogP contribution in [-0.2, 0) is 70.2 Å². The molecule has 24 heteroatoms. The molecule has 118 heavy (non-hydrogen) atoms. The summed E-state index contributed by atoms with van der Waals surface area (Å²) in [4.78, 5) is 87.8. The number of ether oxygens (including phenoxy) is 5. The highest BCUT2D eigenvalue weighted by Gasteiger charge is 2.44. The van der Waals surface area contributed by atoms with Crippen LogP contribution in [0.3, 0.4) is 0 Å². The zero-order valence-electron chi connectivity index (χ0n) is 81.6. The topological polar surface area (TPSA) is 219 Å². The Hall–Kier alpha value is -2.63. The van der Waals surface area contributed by atoms with E-state index in [1.54, 1.807) is 0 Å². The van der Waals surface area contributed by atoms with Crippen molar-refractivity contribution in [3.05, 3.63) is 0 Å². The SMILES string of the molecule is CCCCCCCCCCCOC(=O)CCCC(CN(CCCC(=O)OCCN1CC(C)N(CCOC(=O)CCCCN(CC(CCCCC(=O)OCC(CC)CC)O[Si](C)(C)C(C)(C)C)CC(CCCCC(=O)OCC(CC)CC)O[Si](C)(C)C(C)(C)C)CC1C)CC(CCCCCC(=O)O)O[Si](C)(C)C(C)(C)C)O[Si](C)(C)C(C)(C)C. The molecule has 696 valence electrons. The lowest BCUT2D eigenvalue weighted by molar-refractivity contribution is -0.146. The summed E-state index contributed by atoms with van der Waals surface area (Å²) in [5.41, 5.74) is 0. The lowest BCUT2D eigenvalue weighted by Gasteiger charge is -2.44. The molecule has 0 saturated carbocycles. The zero-order chi connectivity index (χ0) is 89.4. The number of unbranched alkanes of at least 4 members (excludes halogenated alkanes) is 13. The van der Waals surface area contributed by atoms with E-state index in [1.807, 2.05) is 0 Å². The molecule has 6 unspecified atom stereocenters. The number of carbonyl (C=O) groups is 6. The van der Waals surface area contributed by atoms with Crippen molar-refractivity contribution in [2.75, 3.05) is 98.5 Å². The van der Waals surface area contributed by atoms with E-state index in [4.69, 9.17) is 41.4 Å². The predicted molar refractivity (Wildman–Crippen MR) is 498 cm³/mol. The number of hydrogen-bond acceptors (Lipinski definition) is 19. The van der Waals surface area contributed by atoms with Crippen LogP contribution >= 0.6 is 0 Å². The van der Waals surface area contributed by atoms with E-state index in [0.29, 0.717) is 142 Å². The number of esters is 5. The average molecular weight is 1740 g/mol. The number of hydrogen-bond donors (Lipinski definition) is 1. The van der Waals surface area contributed by atoms with Gasteiger partial charge in [0.05, 0.1) is 44.2 Å². The van der Waals surface area contributed by atoms with Crippen LogP contribution in [0.1, 0.15) is 350 Å². The van der Waals surface area contributed by atoms with Gasteiger partial charge in [-0.1, -0.05) is 220 Å². The van der Waals surface area contributed by atoms with Gasteiger partial charge < -0.3 is 46.5 Å². The second-order valence-electron chi connectivity index (χ2n) is 41.4. The highest BCUT2D eigenvalue weighted by molar-refractivity contribution is 6.75. The second kappa shape index (κ2) is 59.4. The molecule has 20 nitrogen and oxygen atoms in total. The number of rotatable bonds is 69. The van der Waals surface area contributed by atoms with Gasteiger partial charge in [-0.15, -0.1) is 0 Å². The first-order chi connectivity index (χ1) is 55.1. The van der Waals surface area contributed by atoms with E-state index in [2.05, 4.69) is 204 Å². The molecule has 0 radical (unpaired) electrons. The van der Waals surface area contributed by atoms with Crippen LogP contribution < -0.4 is 0 Å². The molecule has 0 aliphatic carbocycles. The molecule has 1 N–H and O–H groups in total. The van der Waals surface area contributed by atoms with Crippen molar-refractivity contribution in [1.29, 1.82) is 0 Å². The van der Waals surface area contributed by atoms with Gasteiger partial charge in [0, 0.05) is 103 Å². The Morgan fingerprint density at radius 3 is 0.958 bits per heavy atom. The molecular weight excluding hydrogens is 1550 g/mol. The Morgan fingerprint density at radius 1 is 0.347 bits per heavy atom. The summed E-state index contributed by atoms with van der Waals surface area (Å²) in [5.74, 6) is -0.826. The summed E-state index contributed by atoms with van der Waals surface area (Å²) >= 11 is 0. The van der Waals surface area contributed by atoms with Crippen molar-refractivity contribution in [2.45, 2.75) is 459 Å². The molecule has 0 aromatic carbocycles. The Morgan fingerprint density at radius 2 is 0.619 bits per heavy atom. The van der Waals surface area contributed by atoms with Gasteiger partial charge in [-0.25, -0.2) is 0 Å². The monoisotopic (exact) mass is 1740 g/mol. The smallest absolute Gasteiger partial charge is 0.305 e. The maximum atomic E-state index is 13.8. The number of piperazine rings is 1. The van der Waals surface area contributed by atoms with Crippen molar-refractivity contribution >= 4 is 69.1 Å². The first-order valence-electron chi connectivity index (χ1n) is 47.7. The molecule has 1 fully saturated rings. The second-order valence-corrected chi connectivity index (χ2v) is 60.4. The molecule has 0 bridgehead atoms. The molecule has 1 heterocycles. The fraction of sp³-hybridized carbons (Fsp3) is 0.936. The third-order valence-electron chi connectivity index (χ3n) is 26.8. The van der Waals surface area contributed by atoms with Crippen LogP contribution in [0.2, 0.25) is 72.5 Å². The Kier molecular flexibility index (Phi) is 57.0. The minimum Gasteiger partial charge on any atom is -0.481 e. The Balaban J connectivity index is 3.27. The van der Waals surface area contributed by atoms with Gasteiger partial charge >= 0.3 is 35.8 Å². The number of carbonyl (C=O) groups excluding carboxylic acids is 5. The normalized spacial score (nSPS) is 16.4. The summed E-state index contributed by atoms with van der Waals surface area (Å²) < 4.78 is 58.4. The van der Waals surface area contributed by atoms with Gasteiger partial charge in [0.15, 0.2) is 33.3 Å². The van der Waals surface area contributed by atoms with E-state index in [0.717, 1.165) is 122 Å². The van der Waals surface area contributed by atoms with Crippen molar-refractivity contribution in [3.63, 3.8) is 0 Å². The van der Waals surface area contributed by atoms with E-state index in [1.165, 1.54) is 44.9 Å². The van der Waals surface area contributed by atoms with Gasteiger partial charge in [-0.3, -0.25) is 48.4 Å². The predicted octanol–water partition coefficient (Wildman–Crippen LogP) is 22.9. The highest BCUT2D eigenvalue weighted by atomic mass is 28.4. The maximum absolute atomic E-state index is 13.8. The van der Waals surface area contributed by atoms with Crippen LogP contribution in [0.15, 0.2) is 0 Å². The third-order valence-corrected chi connectivity index (χ3v) is 45.0. The van der Waals surface area contributed by atoms with Gasteiger partial charge in [-0.05, 0) is 188 Å². The highest BCUT2D eigenvalue weighted by Crippen LogP contribution is 2.42. The lowest BCUT2D eigenvalue weighted by Crippen LogP contribution is -2.57. The molecule has 1 saturated heterocycles. The summed E-state index contributed by atoms with van der Waals surface area (Å²) in [6.07, 6.45) is 27.5. The van der Waals surface area contributed by atoms with Crippen molar-refractivity contribution in [2.24, 2.45) is 11.8 Å². The third kappa shape index (κ3) is 50.5.